The summed E-state index contributed by atoms with van der Waals surface area (Å²) in [5.74, 6) is 1.54. The Hall–Kier alpha value is -3.69. The Morgan fingerprint density at radius 2 is 1.91 bits per heavy atom. The summed E-state index contributed by atoms with van der Waals surface area (Å²) in [6.07, 6.45) is 0.913. The molecule has 33 heavy (non-hydrogen) atoms. The predicted octanol–water partition coefficient (Wildman–Crippen LogP) is 4.04. The minimum absolute atomic E-state index is 0.0453. The van der Waals surface area contributed by atoms with Gasteiger partial charge in [-0.3, -0.25) is 4.79 Å². The van der Waals surface area contributed by atoms with Gasteiger partial charge in [0.2, 0.25) is 17.6 Å². The van der Waals surface area contributed by atoms with Crippen LogP contribution >= 0.6 is 0 Å². The minimum Gasteiger partial charge on any atom is -0.494 e. The van der Waals surface area contributed by atoms with Gasteiger partial charge in [-0.05, 0) is 55.3 Å². The molecule has 0 aliphatic rings. The summed E-state index contributed by atoms with van der Waals surface area (Å²) in [7, 11) is 1.37. The highest BCUT2D eigenvalue weighted by atomic mass is 19.3. The van der Waals surface area contributed by atoms with E-state index in [0.29, 0.717) is 37.7 Å². The summed E-state index contributed by atoms with van der Waals surface area (Å²) < 4.78 is 45.2. The van der Waals surface area contributed by atoms with Crippen LogP contribution in [-0.4, -0.2) is 42.9 Å². The zero-order valence-electron chi connectivity index (χ0n) is 18.3. The first-order valence-corrected chi connectivity index (χ1v) is 10.4. The van der Waals surface area contributed by atoms with Crippen LogP contribution < -0.4 is 19.5 Å². The van der Waals surface area contributed by atoms with E-state index in [1.54, 1.807) is 12.1 Å². The standard InChI is InChI=1S/C23H25F2N3O5/c1-3-31-17-7-5-16(6-8-17)22-27-21(33-28-22)11-10-20(29)26-13-12-15-4-9-18(30-2)19(14-15)32-23(24)25/h4-9,14,23H,3,10-13H2,1-2H3,(H,26,29). The highest BCUT2D eigenvalue weighted by Crippen LogP contribution is 2.29. The Morgan fingerprint density at radius 1 is 1.12 bits per heavy atom. The molecule has 0 saturated carbocycles. The van der Waals surface area contributed by atoms with Gasteiger partial charge < -0.3 is 24.1 Å². The van der Waals surface area contributed by atoms with Crippen molar-refractivity contribution in [3.8, 4) is 28.6 Å². The number of ether oxygens (including phenoxy) is 3. The Morgan fingerprint density at radius 3 is 2.61 bits per heavy atom. The maximum atomic E-state index is 12.5. The van der Waals surface area contributed by atoms with Gasteiger partial charge in [0, 0.05) is 24.9 Å². The number of amides is 1. The number of aromatic nitrogens is 2. The molecule has 176 valence electrons. The lowest BCUT2D eigenvalue weighted by Gasteiger charge is -2.11. The van der Waals surface area contributed by atoms with Crippen LogP contribution in [0.15, 0.2) is 47.0 Å². The number of carbonyl (C=O) groups is 1. The number of halogens is 2. The van der Waals surface area contributed by atoms with Crippen molar-refractivity contribution in [2.45, 2.75) is 32.8 Å². The van der Waals surface area contributed by atoms with Crippen molar-refractivity contribution in [1.29, 1.82) is 0 Å². The van der Waals surface area contributed by atoms with E-state index in [-0.39, 0.29) is 23.8 Å². The van der Waals surface area contributed by atoms with E-state index in [9.17, 15) is 13.6 Å². The van der Waals surface area contributed by atoms with Gasteiger partial charge in [0.25, 0.3) is 0 Å². The van der Waals surface area contributed by atoms with E-state index in [0.717, 1.165) is 16.9 Å². The fraction of sp³-hybridized carbons (Fsp3) is 0.348. The minimum atomic E-state index is -2.95. The Labute approximate surface area is 189 Å². The summed E-state index contributed by atoms with van der Waals surface area (Å²) >= 11 is 0. The second-order valence-electron chi connectivity index (χ2n) is 6.93. The average molecular weight is 461 g/mol. The van der Waals surface area contributed by atoms with Gasteiger partial charge in [-0.2, -0.15) is 13.8 Å². The van der Waals surface area contributed by atoms with Crippen LogP contribution in [0.1, 0.15) is 24.8 Å². The van der Waals surface area contributed by atoms with Crippen molar-refractivity contribution in [2.24, 2.45) is 0 Å². The number of benzene rings is 2. The van der Waals surface area contributed by atoms with Crippen LogP contribution in [0.5, 0.6) is 17.2 Å². The fourth-order valence-corrected chi connectivity index (χ4v) is 3.06. The molecule has 1 N–H and O–H groups in total. The number of nitrogens with zero attached hydrogens (tertiary/aromatic N) is 2. The zero-order valence-corrected chi connectivity index (χ0v) is 18.3. The number of rotatable bonds is 12. The van der Waals surface area contributed by atoms with E-state index in [4.69, 9.17) is 14.0 Å². The van der Waals surface area contributed by atoms with Crippen LogP contribution in [0, 0.1) is 0 Å². The Kier molecular flexibility index (Phi) is 8.56. The number of carbonyl (C=O) groups excluding carboxylic acids is 1. The zero-order chi connectivity index (χ0) is 23.6. The number of nitrogens with one attached hydrogen (secondary N) is 1. The van der Waals surface area contributed by atoms with Gasteiger partial charge in [0.15, 0.2) is 11.5 Å². The maximum absolute atomic E-state index is 12.5. The molecule has 0 atom stereocenters. The molecule has 1 heterocycles. The molecule has 0 radical (unpaired) electrons. The summed E-state index contributed by atoms with van der Waals surface area (Å²) in [5, 5.41) is 6.73. The first-order valence-electron chi connectivity index (χ1n) is 10.4. The quantitative estimate of drug-likeness (QED) is 0.435. The van der Waals surface area contributed by atoms with Crippen LogP contribution in [-0.2, 0) is 17.6 Å². The maximum Gasteiger partial charge on any atom is 0.387 e. The first-order chi connectivity index (χ1) is 16.0. The van der Waals surface area contributed by atoms with Crippen molar-refractivity contribution in [3.05, 3.63) is 53.9 Å². The molecule has 3 rings (SSSR count). The molecule has 0 saturated heterocycles. The van der Waals surface area contributed by atoms with Gasteiger partial charge in [0.05, 0.1) is 13.7 Å². The third-order valence-corrected chi connectivity index (χ3v) is 4.64. The number of methoxy groups -OCH3 is 1. The first kappa shape index (κ1) is 24.0. The summed E-state index contributed by atoms with van der Waals surface area (Å²) in [4.78, 5) is 16.5. The second kappa shape index (κ2) is 11.8. The van der Waals surface area contributed by atoms with Crippen molar-refractivity contribution in [1.82, 2.24) is 15.5 Å². The second-order valence-corrected chi connectivity index (χ2v) is 6.93. The number of alkyl halides is 2. The lowest BCUT2D eigenvalue weighted by molar-refractivity contribution is -0.121. The molecule has 0 bridgehead atoms. The highest BCUT2D eigenvalue weighted by molar-refractivity contribution is 5.76. The van der Waals surface area contributed by atoms with Gasteiger partial charge >= 0.3 is 6.61 Å². The third kappa shape index (κ3) is 7.16. The van der Waals surface area contributed by atoms with Gasteiger partial charge in [-0.15, -0.1) is 0 Å². The van der Waals surface area contributed by atoms with Crippen LogP contribution in [0.4, 0.5) is 8.78 Å². The van der Waals surface area contributed by atoms with E-state index < -0.39 is 6.61 Å². The SMILES string of the molecule is CCOc1ccc(-c2noc(CCC(=O)NCCc3ccc(OC)c(OC(F)F)c3)n2)cc1. The molecule has 3 aromatic rings. The molecule has 8 nitrogen and oxygen atoms in total. The van der Waals surface area contributed by atoms with Gasteiger partial charge in [-0.1, -0.05) is 11.2 Å². The molecule has 1 aromatic heterocycles. The summed E-state index contributed by atoms with van der Waals surface area (Å²) in [6.45, 7) is -0.118. The summed E-state index contributed by atoms with van der Waals surface area (Å²) in [5.41, 5.74) is 1.51. The van der Waals surface area contributed by atoms with E-state index in [2.05, 4.69) is 20.2 Å². The van der Waals surface area contributed by atoms with Gasteiger partial charge in [0.1, 0.15) is 5.75 Å². The molecular formula is C23H25F2N3O5. The Bertz CT molecular complexity index is 1040. The predicted molar refractivity (Wildman–Crippen MR) is 116 cm³/mol. The lowest BCUT2D eigenvalue weighted by atomic mass is 10.1. The van der Waals surface area contributed by atoms with Crippen LogP contribution in [0.25, 0.3) is 11.4 Å². The molecule has 0 fully saturated rings. The normalized spacial score (nSPS) is 10.8. The van der Waals surface area contributed by atoms with Crippen molar-refractivity contribution in [2.75, 3.05) is 20.3 Å². The Balaban J connectivity index is 1.45. The number of hydrogen-bond donors (Lipinski definition) is 1. The molecule has 2 aromatic carbocycles. The molecule has 0 aliphatic carbocycles. The number of aryl methyl sites for hydroxylation is 1. The van der Waals surface area contributed by atoms with Crippen molar-refractivity contribution < 1.29 is 32.3 Å². The summed E-state index contributed by atoms with van der Waals surface area (Å²) in [6, 6.07) is 12.1. The molecular weight excluding hydrogens is 436 g/mol. The largest absolute Gasteiger partial charge is 0.494 e. The molecule has 0 unspecified atom stereocenters. The number of hydrogen-bond acceptors (Lipinski definition) is 7. The molecule has 0 spiro atoms. The lowest BCUT2D eigenvalue weighted by Crippen LogP contribution is -2.25. The monoisotopic (exact) mass is 461 g/mol. The van der Waals surface area contributed by atoms with E-state index >= 15 is 0 Å². The average Bonchev–Trinajstić information content (AvgIpc) is 3.27. The van der Waals surface area contributed by atoms with Crippen LogP contribution in [0.3, 0.4) is 0 Å². The van der Waals surface area contributed by atoms with E-state index in [1.165, 1.54) is 13.2 Å². The highest BCUT2D eigenvalue weighted by Gasteiger charge is 2.13. The smallest absolute Gasteiger partial charge is 0.387 e. The molecule has 1 amide bonds. The van der Waals surface area contributed by atoms with Crippen LogP contribution in [0.2, 0.25) is 0 Å². The van der Waals surface area contributed by atoms with Gasteiger partial charge in [-0.25, -0.2) is 0 Å². The molecule has 0 aliphatic heterocycles. The van der Waals surface area contributed by atoms with E-state index in [1.807, 2.05) is 31.2 Å². The van der Waals surface area contributed by atoms with Crippen molar-refractivity contribution >= 4 is 5.91 Å². The van der Waals surface area contributed by atoms with Crippen molar-refractivity contribution in [3.63, 3.8) is 0 Å². The fourth-order valence-electron chi connectivity index (χ4n) is 3.06. The topological polar surface area (TPSA) is 95.7 Å². The molecule has 10 heteroatoms. The third-order valence-electron chi connectivity index (χ3n) is 4.64.